The SMILES string of the molecule is CC(C)(C)[Si](OCCC1CCC(C(=O)O)CC1)(c1ccccc1)c1ccccc1Br. The fraction of sp³-hybridized carbons (Fsp3) is 0.480. The van der Waals surface area contributed by atoms with Gasteiger partial charge < -0.3 is 9.53 Å². The summed E-state index contributed by atoms with van der Waals surface area (Å²) in [6, 6.07) is 19.2. The van der Waals surface area contributed by atoms with Crippen LogP contribution in [0, 0.1) is 11.8 Å². The summed E-state index contributed by atoms with van der Waals surface area (Å²) in [5.41, 5.74) is 0. The van der Waals surface area contributed by atoms with Crippen molar-refractivity contribution in [3.05, 3.63) is 59.1 Å². The molecule has 1 atom stereocenters. The second-order valence-corrected chi connectivity index (χ2v) is 14.6. The molecule has 0 bridgehead atoms. The number of hydrogen-bond acceptors (Lipinski definition) is 2. The van der Waals surface area contributed by atoms with Crippen molar-refractivity contribution in [2.45, 2.75) is 57.9 Å². The number of hydrogen-bond donors (Lipinski definition) is 1. The Morgan fingerprint density at radius 3 is 2.20 bits per heavy atom. The molecule has 5 heteroatoms. The van der Waals surface area contributed by atoms with Crippen LogP contribution in [0.4, 0.5) is 0 Å². The minimum atomic E-state index is -2.55. The highest BCUT2D eigenvalue weighted by molar-refractivity contribution is 9.10. The van der Waals surface area contributed by atoms with E-state index in [-0.39, 0.29) is 11.0 Å². The van der Waals surface area contributed by atoms with Crippen molar-refractivity contribution in [1.29, 1.82) is 0 Å². The number of halogens is 1. The first-order chi connectivity index (χ1) is 14.3. The molecule has 3 nitrogen and oxygen atoms in total. The Kier molecular flexibility index (Phi) is 7.59. The zero-order chi connectivity index (χ0) is 21.8. The highest BCUT2D eigenvalue weighted by atomic mass is 79.9. The normalized spacial score (nSPS) is 21.7. The summed E-state index contributed by atoms with van der Waals surface area (Å²) in [5, 5.41) is 11.8. The van der Waals surface area contributed by atoms with Gasteiger partial charge in [-0.15, -0.1) is 0 Å². The zero-order valence-corrected chi connectivity index (χ0v) is 20.8. The van der Waals surface area contributed by atoms with Gasteiger partial charge in [0, 0.05) is 11.1 Å². The van der Waals surface area contributed by atoms with Gasteiger partial charge in [0.1, 0.15) is 0 Å². The molecular formula is C25H33BrO3Si. The van der Waals surface area contributed by atoms with E-state index in [0.717, 1.165) is 36.6 Å². The molecule has 162 valence electrons. The molecule has 3 rings (SSSR count). The third kappa shape index (κ3) is 4.89. The van der Waals surface area contributed by atoms with E-state index in [1.54, 1.807) is 0 Å². The van der Waals surface area contributed by atoms with E-state index in [2.05, 4.69) is 91.3 Å². The predicted molar refractivity (Wildman–Crippen MR) is 129 cm³/mol. The first-order valence-electron chi connectivity index (χ1n) is 10.9. The quantitative estimate of drug-likeness (QED) is 0.515. The maximum atomic E-state index is 11.2. The van der Waals surface area contributed by atoms with Crippen LogP contribution in [-0.4, -0.2) is 26.0 Å². The monoisotopic (exact) mass is 488 g/mol. The highest BCUT2D eigenvalue weighted by Gasteiger charge is 2.51. The maximum Gasteiger partial charge on any atom is 0.306 e. The standard InChI is InChI=1S/C25H33BrO3Si/c1-25(2,3)30(21-9-5-4-6-10-21,23-12-8-7-11-22(23)26)29-18-17-19-13-15-20(16-14-19)24(27)28/h4-12,19-20H,13-18H2,1-3H3,(H,27,28). The van der Waals surface area contributed by atoms with Crippen LogP contribution >= 0.6 is 15.9 Å². The average molecular weight is 490 g/mol. The maximum absolute atomic E-state index is 11.2. The van der Waals surface area contributed by atoms with Crippen molar-refractivity contribution in [3.8, 4) is 0 Å². The van der Waals surface area contributed by atoms with Gasteiger partial charge in [0.25, 0.3) is 8.32 Å². The van der Waals surface area contributed by atoms with Crippen LogP contribution in [0.3, 0.4) is 0 Å². The third-order valence-electron chi connectivity index (χ3n) is 6.53. The van der Waals surface area contributed by atoms with Crippen molar-refractivity contribution in [1.82, 2.24) is 0 Å². The number of rotatable bonds is 7. The van der Waals surface area contributed by atoms with Crippen LogP contribution in [0.15, 0.2) is 59.1 Å². The van der Waals surface area contributed by atoms with Gasteiger partial charge in [-0.3, -0.25) is 4.79 Å². The zero-order valence-electron chi connectivity index (χ0n) is 18.2. The third-order valence-corrected chi connectivity index (χ3v) is 12.7. The Hall–Kier alpha value is -1.43. The molecule has 0 heterocycles. The molecule has 1 aliphatic carbocycles. The van der Waals surface area contributed by atoms with Crippen LogP contribution in [0.1, 0.15) is 52.9 Å². The molecule has 2 aromatic rings. The number of aliphatic carboxylic acids is 1. The molecule has 1 unspecified atom stereocenters. The molecular weight excluding hydrogens is 456 g/mol. The second kappa shape index (κ2) is 9.80. The molecule has 0 aliphatic heterocycles. The summed E-state index contributed by atoms with van der Waals surface area (Å²) in [6.45, 7) is 7.60. The molecule has 1 N–H and O–H groups in total. The highest BCUT2D eigenvalue weighted by Crippen LogP contribution is 2.39. The van der Waals surface area contributed by atoms with Gasteiger partial charge in [0.2, 0.25) is 0 Å². The van der Waals surface area contributed by atoms with E-state index in [1.807, 2.05) is 0 Å². The number of carbonyl (C=O) groups is 1. The minimum absolute atomic E-state index is 0.0425. The smallest absolute Gasteiger partial charge is 0.306 e. The van der Waals surface area contributed by atoms with E-state index in [1.165, 1.54) is 10.4 Å². The van der Waals surface area contributed by atoms with Crippen LogP contribution in [-0.2, 0) is 9.22 Å². The molecule has 0 amide bonds. The predicted octanol–water partition coefficient (Wildman–Crippen LogP) is 5.61. The molecule has 0 saturated heterocycles. The topological polar surface area (TPSA) is 46.5 Å². The molecule has 0 aromatic heterocycles. The van der Waals surface area contributed by atoms with E-state index in [9.17, 15) is 9.90 Å². The summed E-state index contributed by atoms with van der Waals surface area (Å²) in [6.07, 6.45) is 4.57. The van der Waals surface area contributed by atoms with E-state index in [0.29, 0.717) is 12.5 Å². The second-order valence-electron chi connectivity index (χ2n) is 9.47. The van der Waals surface area contributed by atoms with Gasteiger partial charge in [0.15, 0.2) is 0 Å². The lowest BCUT2D eigenvalue weighted by Gasteiger charge is -2.43. The van der Waals surface area contributed by atoms with Crippen molar-refractivity contribution >= 4 is 40.6 Å². The molecule has 0 radical (unpaired) electrons. The Balaban J connectivity index is 1.86. The average Bonchev–Trinajstić information content (AvgIpc) is 2.72. The van der Waals surface area contributed by atoms with Crippen molar-refractivity contribution in [3.63, 3.8) is 0 Å². The molecule has 1 saturated carbocycles. The largest absolute Gasteiger partial charge is 0.481 e. The number of benzene rings is 2. The van der Waals surface area contributed by atoms with E-state index in [4.69, 9.17) is 4.43 Å². The lowest BCUT2D eigenvalue weighted by molar-refractivity contribution is -0.143. The van der Waals surface area contributed by atoms with Gasteiger partial charge in [-0.25, -0.2) is 0 Å². The van der Waals surface area contributed by atoms with Crippen LogP contribution in [0.25, 0.3) is 0 Å². The van der Waals surface area contributed by atoms with Crippen LogP contribution in [0.2, 0.25) is 5.04 Å². The summed E-state index contributed by atoms with van der Waals surface area (Å²) >= 11 is 3.81. The van der Waals surface area contributed by atoms with Crippen molar-refractivity contribution in [2.24, 2.45) is 11.8 Å². The van der Waals surface area contributed by atoms with Crippen molar-refractivity contribution in [2.75, 3.05) is 6.61 Å². The van der Waals surface area contributed by atoms with Gasteiger partial charge in [0.05, 0.1) is 5.92 Å². The molecule has 1 fully saturated rings. The minimum Gasteiger partial charge on any atom is -0.481 e. The molecule has 0 spiro atoms. The lowest BCUT2D eigenvalue weighted by Crippen LogP contribution is -2.67. The van der Waals surface area contributed by atoms with Crippen molar-refractivity contribution < 1.29 is 14.3 Å². The Labute approximate surface area is 190 Å². The fourth-order valence-electron chi connectivity index (χ4n) is 4.87. The van der Waals surface area contributed by atoms with Crippen LogP contribution in [0.5, 0.6) is 0 Å². The summed E-state index contributed by atoms with van der Waals surface area (Å²) in [7, 11) is -2.55. The van der Waals surface area contributed by atoms with Gasteiger partial charge in [-0.05, 0) is 59.5 Å². The summed E-state index contributed by atoms with van der Waals surface area (Å²) < 4.78 is 8.13. The summed E-state index contributed by atoms with van der Waals surface area (Å²) in [5.74, 6) is -0.237. The number of carboxylic acids is 1. The summed E-state index contributed by atoms with van der Waals surface area (Å²) in [4.78, 5) is 11.2. The Morgan fingerprint density at radius 2 is 1.63 bits per heavy atom. The molecule has 1 aliphatic rings. The first-order valence-corrected chi connectivity index (χ1v) is 13.6. The number of carboxylic acid groups (broad SMARTS) is 1. The molecule has 2 aromatic carbocycles. The van der Waals surface area contributed by atoms with E-state index >= 15 is 0 Å². The lowest BCUT2D eigenvalue weighted by atomic mass is 9.81. The Bertz CT molecular complexity index is 841. The van der Waals surface area contributed by atoms with E-state index < -0.39 is 14.3 Å². The fourth-order valence-corrected chi connectivity index (χ4v) is 10.6. The van der Waals surface area contributed by atoms with Gasteiger partial charge in [-0.2, -0.15) is 0 Å². The van der Waals surface area contributed by atoms with Crippen LogP contribution < -0.4 is 10.4 Å². The van der Waals surface area contributed by atoms with Gasteiger partial charge >= 0.3 is 5.97 Å². The first kappa shape index (κ1) is 23.2. The van der Waals surface area contributed by atoms with Gasteiger partial charge in [-0.1, -0.05) is 85.2 Å². The Morgan fingerprint density at radius 1 is 1.03 bits per heavy atom. The molecule has 30 heavy (non-hydrogen) atoms.